The average Bonchev–Trinajstić information content (AvgIpc) is 2.63. The molecule has 0 aromatic carbocycles. The van der Waals surface area contributed by atoms with Crippen LogP contribution < -0.4 is 15.4 Å². The molecule has 158 valence electrons. The Morgan fingerprint density at radius 3 is 2.57 bits per heavy atom. The normalized spacial score (nSPS) is 23.2. The van der Waals surface area contributed by atoms with Gasteiger partial charge in [-0.15, -0.1) is 0 Å². The Hall–Kier alpha value is -1.81. The highest BCUT2D eigenvalue weighted by atomic mass is 19.4. The Kier molecular flexibility index (Phi) is 5.90. The fourth-order valence-electron chi connectivity index (χ4n) is 3.56. The number of alkyl halides is 3. The molecule has 2 aliphatic heterocycles. The first-order valence-electron chi connectivity index (χ1n) is 9.54. The monoisotopic (exact) mass is 404 g/mol. The molecule has 3 heterocycles. The predicted octanol–water partition coefficient (Wildman–Crippen LogP) is 2.04. The zero-order valence-electron chi connectivity index (χ0n) is 16.5. The van der Waals surface area contributed by atoms with Crippen LogP contribution in [0.3, 0.4) is 0 Å². The molecule has 1 aromatic heterocycles. The van der Waals surface area contributed by atoms with Gasteiger partial charge < -0.3 is 19.3 Å². The third kappa shape index (κ3) is 3.98. The predicted molar refractivity (Wildman–Crippen MR) is 99.0 cm³/mol. The van der Waals surface area contributed by atoms with E-state index in [0.29, 0.717) is 32.1 Å². The molecule has 10 heteroatoms. The summed E-state index contributed by atoms with van der Waals surface area (Å²) < 4.78 is 54.1. The van der Waals surface area contributed by atoms with Crippen LogP contribution in [0.25, 0.3) is 0 Å². The quantitative estimate of drug-likeness (QED) is 0.749. The van der Waals surface area contributed by atoms with Gasteiger partial charge in [-0.3, -0.25) is 9.36 Å². The Labute approximate surface area is 162 Å². The molecule has 3 rings (SSSR count). The largest absolute Gasteiger partial charge is 0.411 e. The fraction of sp³-hybridized carbons (Fsp3) is 0.778. The first-order chi connectivity index (χ1) is 13.1. The molecule has 0 saturated carbocycles. The van der Waals surface area contributed by atoms with Crippen molar-refractivity contribution >= 4 is 11.8 Å². The molecule has 1 saturated heterocycles. The third-order valence-electron chi connectivity index (χ3n) is 5.35. The molecule has 28 heavy (non-hydrogen) atoms. The maximum Gasteiger partial charge on any atom is 0.411 e. The lowest BCUT2D eigenvalue weighted by Crippen LogP contribution is -2.62. The number of hydrogen-bond acceptors (Lipinski definition) is 6. The van der Waals surface area contributed by atoms with Crippen molar-refractivity contribution in [2.75, 3.05) is 49.3 Å². The van der Waals surface area contributed by atoms with Gasteiger partial charge in [0.2, 0.25) is 5.95 Å². The van der Waals surface area contributed by atoms with Crippen LogP contribution in [-0.2, 0) is 16.0 Å². The smallest absolute Gasteiger partial charge is 0.378 e. The molecule has 0 N–H and O–H groups in total. The number of hydrogen-bond donors (Lipinski definition) is 0. The van der Waals surface area contributed by atoms with Crippen molar-refractivity contribution < 1.29 is 22.6 Å². The van der Waals surface area contributed by atoms with Gasteiger partial charge in [-0.2, -0.15) is 18.2 Å². The number of nitrogens with zero attached hydrogens (tertiary/aromatic N) is 4. The van der Waals surface area contributed by atoms with E-state index in [1.807, 2.05) is 18.7 Å². The summed E-state index contributed by atoms with van der Waals surface area (Å²) in [5, 5.41) is 0. The van der Waals surface area contributed by atoms with E-state index in [-0.39, 0.29) is 43.7 Å². The van der Waals surface area contributed by atoms with Gasteiger partial charge in [0.15, 0.2) is 0 Å². The molecule has 0 radical (unpaired) electrons. The van der Waals surface area contributed by atoms with E-state index < -0.39 is 11.7 Å². The van der Waals surface area contributed by atoms with E-state index in [1.165, 1.54) is 22.5 Å². The van der Waals surface area contributed by atoms with Crippen molar-refractivity contribution in [2.24, 2.45) is 0 Å². The lowest BCUT2D eigenvalue weighted by Gasteiger charge is -2.47. The highest BCUT2D eigenvalue weighted by molar-refractivity contribution is 5.48. The summed E-state index contributed by atoms with van der Waals surface area (Å²) in [6.07, 6.45) is -4.79. The van der Waals surface area contributed by atoms with Crippen LogP contribution in [0, 0.1) is 0 Å². The van der Waals surface area contributed by atoms with Gasteiger partial charge in [0.05, 0.1) is 25.9 Å². The standard InChI is InChI=1S/C18H27F3N4O3/c1-13(2)28-11-8-25-16-22-14(23-6-9-27-10-7-23)12-15(26)24(16)5-4-17(25,3)18(19,20)21/h12-13H,4-11H2,1-3H3. The number of morpholine rings is 1. The molecule has 0 aliphatic carbocycles. The second-order valence-electron chi connectivity index (χ2n) is 7.60. The van der Waals surface area contributed by atoms with Crippen molar-refractivity contribution in [3.05, 3.63) is 16.4 Å². The molecule has 1 unspecified atom stereocenters. The van der Waals surface area contributed by atoms with Crippen molar-refractivity contribution in [3.63, 3.8) is 0 Å². The molecular weight excluding hydrogens is 377 g/mol. The summed E-state index contributed by atoms with van der Waals surface area (Å²) in [7, 11) is 0. The highest BCUT2D eigenvalue weighted by Crippen LogP contribution is 2.43. The summed E-state index contributed by atoms with van der Waals surface area (Å²) in [5.41, 5.74) is -2.46. The Morgan fingerprint density at radius 1 is 1.29 bits per heavy atom. The molecule has 2 aliphatic rings. The SMILES string of the molecule is CC(C)OCCN1c2nc(N3CCOCC3)cc(=O)n2CCC1(C)C(F)(F)F. The summed E-state index contributed by atoms with van der Waals surface area (Å²) in [4.78, 5) is 20.2. The van der Waals surface area contributed by atoms with Crippen LogP contribution in [0.2, 0.25) is 0 Å². The van der Waals surface area contributed by atoms with Crippen LogP contribution >= 0.6 is 0 Å². The first-order valence-corrected chi connectivity index (χ1v) is 9.54. The minimum absolute atomic E-state index is 0.00675. The van der Waals surface area contributed by atoms with Crippen molar-refractivity contribution in [1.82, 2.24) is 9.55 Å². The number of rotatable bonds is 5. The molecular formula is C18H27F3N4O3. The van der Waals surface area contributed by atoms with Gasteiger partial charge in [-0.05, 0) is 27.2 Å². The minimum Gasteiger partial charge on any atom is -0.378 e. The van der Waals surface area contributed by atoms with Gasteiger partial charge in [-0.25, -0.2) is 0 Å². The topological polar surface area (TPSA) is 59.8 Å². The van der Waals surface area contributed by atoms with Gasteiger partial charge in [0, 0.05) is 32.2 Å². The zero-order chi connectivity index (χ0) is 20.5. The van der Waals surface area contributed by atoms with E-state index >= 15 is 0 Å². The van der Waals surface area contributed by atoms with E-state index in [4.69, 9.17) is 9.47 Å². The zero-order valence-corrected chi connectivity index (χ0v) is 16.5. The number of ether oxygens (including phenoxy) is 2. The maximum absolute atomic E-state index is 14.0. The molecule has 0 spiro atoms. The van der Waals surface area contributed by atoms with E-state index in [9.17, 15) is 18.0 Å². The van der Waals surface area contributed by atoms with Gasteiger partial charge >= 0.3 is 6.18 Å². The van der Waals surface area contributed by atoms with Crippen LogP contribution in [0.15, 0.2) is 10.9 Å². The lowest BCUT2D eigenvalue weighted by atomic mass is 9.92. The van der Waals surface area contributed by atoms with Crippen LogP contribution in [-0.4, -0.2) is 66.8 Å². The molecule has 0 bridgehead atoms. The fourth-order valence-corrected chi connectivity index (χ4v) is 3.56. The van der Waals surface area contributed by atoms with Gasteiger partial charge in [0.1, 0.15) is 11.4 Å². The van der Waals surface area contributed by atoms with Crippen LogP contribution in [0.5, 0.6) is 0 Å². The Balaban J connectivity index is 2.01. The number of anilines is 2. The molecule has 7 nitrogen and oxygen atoms in total. The third-order valence-corrected chi connectivity index (χ3v) is 5.35. The van der Waals surface area contributed by atoms with Crippen molar-refractivity contribution in [1.29, 1.82) is 0 Å². The second kappa shape index (κ2) is 7.90. The first kappa shape index (κ1) is 20.9. The average molecular weight is 404 g/mol. The maximum atomic E-state index is 14.0. The van der Waals surface area contributed by atoms with Crippen molar-refractivity contribution in [2.45, 2.75) is 51.6 Å². The lowest BCUT2D eigenvalue weighted by molar-refractivity contribution is -0.187. The van der Waals surface area contributed by atoms with Crippen LogP contribution in [0.4, 0.5) is 24.9 Å². The van der Waals surface area contributed by atoms with E-state index in [2.05, 4.69) is 4.98 Å². The Bertz CT molecular complexity index is 747. The molecule has 1 aromatic rings. The Morgan fingerprint density at radius 2 is 1.96 bits per heavy atom. The number of halogens is 3. The second-order valence-corrected chi connectivity index (χ2v) is 7.60. The number of aromatic nitrogens is 2. The molecule has 1 atom stereocenters. The minimum atomic E-state index is -4.47. The molecule has 1 fully saturated rings. The van der Waals surface area contributed by atoms with E-state index in [1.54, 1.807) is 0 Å². The highest BCUT2D eigenvalue weighted by Gasteiger charge is 2.57. The van der Waals surface area contributed by atoms with Crippen molar-refractivity contribution in [3.8, 4) is 0 Å². The summed E-state index contributed by atoms with van der Waals surface area (Å²) in [6.45, 7) is 6.97. The van der Waals surface area contributed by atoms with Crippen LogP contribution in [0.1, 0.15) is 27.2 Å². The van der Waals surface area contributed by atoms with Gasteiger partial charge in [0.25, 0.3) is 5.56 Å². The summed E-state index contributed by atoms with van der Waals surface area (Å²) in [5.74, 6) is 0.438. The summed E-state index contributed by atoms with van der Waals surface area (Å²) >= 11 is 0. The summed E-state index contributed by atoms with van der Waals surface area (Å²) in [6, 6.07) is 1.40. The van der Waals surface area contributed by atoms with E-state index in [0.717, 1.165) is 0 Å². The number of fused-ring (bicyclic) bond motifs is 1. The van der Waals surface area contributed by atoms with Gasteiger partial charge in [-0.1, -0.05) is 0 Å². The molecule has 0 amide bonds.